The predicted octanol–water partition coefficient (Wildman–Crippen LogP) is 3.08. The molecule has 1 fully saturated rings. The molecule has 36 heavy (non-hydrogen) atoms. The number of anilines is 1. The van der Waals surface area contributed by atoms with Gasteiger partial charge in [-0.1, -0.05) is 6.07 Å². The van der Waals surface area contributed by atoms with Crippen LogP contribution in [0.3, 0.4) is 0 Å². The minimum atomic E-state index is -0.805. The zero-order valence-electron chi connectivity index (χ0n) is 21.1. The van der Waals surface area contributed by atoms with Crippen LogP contribution in [0.4, 0.5) is 10.1 Å². The molecule has 1 aliphatic heterocycles. The van der Waals surface area contributed by atoms with Gasteiger partial charge in [-0.15, -0.1) is 0 Å². The zero-order valence-corrected chi connectivity index (χ0v) is 21.1. The van der Waals surface area contributed by atoms with Gasteiger partial charge in [-0.3, -0.25) is 24.2 Å². The first kappa shape index (κ1) is 23.9. The monoisotopic (exact) mass is 488 g/mol. The first-order valence-corrected chi connectivity index (χ1v) is 12.1. The smallest absolute Gasteiger partial charge is 0.290 e. The summed E-state index contributed by atoms with van der Waals surface area (Å²) in [4.78, 5) is 30.6. The van der Waals surface area contributed by atoms with Gasteiger partial charge in [0.1, 0.15) is 22.7 Å². The second kappa shape index (κ2) is 8.99. The van der Waals surface area contributed by atoms with Crippen LogP contribution in [0.15, 0.2) is 35.4 Å². The number of aryl methyl sites for hydroxylation is 2. The molecule has 10 heteroatoms. The molecule has 5 rings (SSSR count). The van der Waals surface area contributed by atoms with E-state index in [1.807, 2.05) is 17.9 Å². The number of nitrogens with zero attached hydrogens (tertiary/aromatic N) is 8. The van der Waals surface area contributed by atoms with Crippen molar-refractivity contribution in [2.45, 2.75) is 45.3 Å². The second-order valence-electron chi connectivity index (χ2n) is 9.65. The molecule has 1 unspecified atom stereocenters. The maximum absolute atomic E-state index is 15.6. The standard InChI is InChI=1S/C26H29FN8O/c1-15-14-35(24-22(27)26(36)33(5)25-23(24)31-21(8-9-28)32(25)4)16(2)13-34(15)17(3)18-6-7-19-20(12-18)30-11-10-29-19/h6-7,10-12,15-17H,8,13-14H2,1-5H3/t15-,16+,17?/m1/s1. The summed E-state index contributed by atoms with van der Waals surface area (Å²) in [7, 11) is 3.29. The number of hydrogen-bond donors (Lipinski definition) is 0. The summed E-state index contributed by atoms with van der Waals surface area (Å²) in [6.45, 7) is 7.53. The number of pyridine rings is 1. The second-order valence-corrected chi connectivity index (χ2v) is 9.65. The number of halogens is 1. The number of imidazole rings is 1. The topological polar surface area (TPSA) is 95.9 Å². The highest BCUT2D eigenvalue weighted by atomic mass is 19.1. The fraction of sp³-hybridized carbons (Fsp3) is 0.423. The van der Waals surface area contributed by atoms with Gasteiger partial charge in [0.15, 0.2) is 0 Å². The van der Waals surface area contributed by atoms with Crippen LogP contribution in [0.2, 0.25) is 0 Å². The first-order chi connectivity index (χ1) is 17.2. The van der Waals surface area contributed by atoms with Crippen LogP contribution in [-0.2, 0) is 20.5 Å². The molecule has 186 valence electrons. The summed E-state index contributed by atoms with van der Waals surface area (Å²) in [6, 6.07) is 8.37. The Morgan fingerprint density at radius 3 is 2.56 bits per heavy atom. The van der Waals surface area contributed by atoms with Crippen LogP contribution in [0, 0.1) is 17.1 Å². The molecule has 9 nitrogen and oxygen atoms in total. The van der Waals surface area contributed by atoms with E-state index in [0.29, 0.717) is 30.1 Å². The van der Waals surface area contributed by atoms with E-state index in [1.54, 1.807) is 24.0 Å². The van der Waals surface area contributed by atoms with Crippen molar-refractivity contribution in [2.75, 3.05) is 18.0 Å². The average Bonchev–Trinajstić information content (AvgIpc) is 3.19. The molecule has 3 aromatic heterocycles. The van der Waals surface area contributed by atoms with Gasteiger partial charge in [0.05, 0.1) is 23.5 Å². The third-order valence-electron chi connectivity index (χ3n) is 7.43. The molecule has 0 bridgehead atoms. The molecule has 1 aliphatic rings. The van der Waals surface area contributed by atoms with Gasteiger partial charge in [-0.05, 0) is 38.5 Å². The van der Waals surface area contributed by atoms with E-state index in [1.165, 1.54) is 11.6 Å². The Hall–Kier alpha value is -3.84. The van der Waals surface area contributed by atoms with Crippen molar-refractivity contribution in [1.29, 1.82) is 5.26 Å². The molecule has 0 N–H and O–H groups in total. The minimum Gasteiger partial charge on any atom is -0.362 e. The molecule has 3 atom stereocenters. The van der Waals surface area contributed by atoms with Gasteiger partial charge in [-0.25, -0.2) is 4.98 Å². The Morgan fingerprint density at radius 1 is 1.11 bits per heavy atom. The Balaban J connectivity index is 1.51. The number of benzene rings is 1. The van der Waals surface area contributed by atoms with Crippen molar-refractivity contribution in [3.63, 3.8) is 0 Å². The average molecular weight is 489 g/mol. The Bertz CT molecular complexity index is 1570. The summed E-state index contributed by atoms with van der Waals surface area (Å²) in [6.07, 6.45) is 3.46. The number of nitriles is 1. The normalized spacial score (nSPS) is 19.6. The zero-order chi connectivity index (χ0) is 25.7. The Kier molecular flexibility index (Phi) is 5.96. The van der Waals surface area contributed by atoms with Crippen molar-refractivity contribution >= 4 is 27.9 Å². The lowest BCUT2D eigenvalue weighted by Crippen LogP contribution is -2.57. The third-order valence-corrected chi connectivity index (χ3v) is 7.43. The molecule has 0 spiro atoms. The summed E-state index contributed by atoms with van der Waals surface area (Å²) in [5.74, 6) is -0.304. The van der Waals surface area contributed by atoms with Crippen molar-refractivity contribution < 1.29 is 4.39 Å². The van der Waals surface area contributed by atoms with Gasteiger partial charge < -0.3 is 9.47 Å². The highest BCUT2D eigenvalue weighted by Gasteiger charge is 2.36. The lowest BCUT2D eigenvalue weighted by atomic mass is 9.99. The van der Waals surface area contributed by atoms with Crippen LogP contribution in [0.1, 0.15) is 38.2 Å². The highest BCUT2D eigenvalue weighted by molar-refractivity contribution is 5.88. The van der Waals surface area contributed by atoms with E-state index >= 15 is 4.39 Å². The minimum absolute atomic E-state index is 0.0740. The molecule has 0 radical (unpaired) electrons. The summed E-state index contributed by atoms with van der Waals surface area (Å²) >= 11 is 0. The maximum atomic E-state index is 15.6. The van der Waals surface area contributed by atoms with E-state index in [4.69, 9.17) is 0 Å². The lowest BCUT2D eigenvalue weighted by molar-refractivity contribution is 0.119. The van der Waals surface area contributed by atoms with Crippen LogP contribution >= 0.6 is 0 Å². The summed E-state index contributed by atoms with van der Waals surface area (Å²) in [5, 5.41) is 9.21. The first-order valence-electron chi connectivity index (χ1n) is 12.1. The third kappa shape index (κ3) is 3.71. The number of piperazine rings is 1. The SMILES string of the molecule is CC(c1ccc2nccnc2c1)N1C[C@H](C)N(c2c(F)c(=O)n(C)c3c2nc(CC#N)n3C)C[C@H]1C. The molecule has 0 aliphatic carbocycles. The van der Waals surface area contributed by atoms with Crippen molar-refractivity contribution in [3.8, 4) is 6.07 Å². The molecule has 0 amide bonds. The Labute approximate surface area is 208 Å². The van der Waals surface area contributed by atoms with Crippen molar-refractivity contribution in [1.82, 2.24) is 29.0 Å². The largest absolute Gasteiger partial charge is 0.362 e. The highest BCUT2D eigenvalue weighted by Crippen LogP contribution is 2.34. The van der Waals surface area contributed by atoms with Crippen LogP contribution < -0.4 is 10.5 Å². The van der Waals surface area contributed by atoms with E-state index < -0.39 is 11.4 Å². The molecule has 1 aromatic carbocycles. The number of fused-ring (bicyclic) bond motifs is 2. The summed E-state index contributed by atoms with van der Waals surface area (Å²) in [5.41, 5.74) is 3.30. The van der Waals surface area contributed by atoms with Gasteiger partial charge in [0.25, 0.3) is 5.56 Å². The molecule has 0 saturated carbocycles. The number of hydrogen-bond acceptors (Lipinski definition) is 7. The molecular weight excluding hydrogens is 459 g/mol. The van der Waals surface area contributed by atoms with Crippen molar-refractivity contribution in [3.05, 3.63) is 58.2 Å². The number of aromatic nitrogens is 5. The van der Waals surface area contributed by atoms with Gasteiger partial charge in [-0.2, -0.15) is 9.65 Å². The van der Waals surface area contributed by atoms with E-state index in [2.05, 4.69) is 51.9 Å². The number of rotatable bonds is 4. The van der Waals surface area contributed by atoms with Crippen LogP contribution in [-0.4, -0.2) is 54.2 Å². The van der Waals surface area contributed by atoms with Crippen molar-refractivity contribution in [2.24, 2.45) is 14.1 Å². The van der Waals surface area contributed by atoms with E-state index in [0.717, 1.165) is 16.6 Å². The van der Waals surface area contributed by atoms with E-state index in [9.17, 15) is 10.1 Å². The molecule has 4 heterocycles. The molecule has 4 aromatic rings. The van der Waals surface area contributed by atoms with Gasteiger partial charge in [0.2, 0.25) is 5.82 Å². The van der Waals surface area contributed by atoms with Gasteiger partial charge in [0, 0.05) is 57.7 Å². The Morgan fingerprint density at radius 2 is 1.83 bits per heavy atom. The molecular formula is C26H29FN8O. The molecule has 1 saturated heterocycles. The van der Waals surface area contributed by atoms with Crippen LogP contribution in [0.25, 0.3) is 22.2 Å². The van der Waals surface area contributed by atoms with Crippen LogP contribution in [0.5, 0.6) is 0 Å². The predicted molar refractivity (Wildman–Crippen MR) is 136 cm³/mol. The lowest BCUT2D eigenvalue weighted by Gasteiger charge is -2.47. The fourth-order valence-corrected chi connectivity index (χ4v) is 5.45. The van der Waals surface area contributed by atoms with Gasteiger partial charge >= 0.3 is 0 Å². The maximum Gasteiger partial charge on any atom is 0.290 e. The fourth-order valence-electron chi connectivity index (χ4n) is 5.45. The van der Waals surface area contributed by atoms with E-state index in [-0.39, 0.29) is 30.2 Å². The summed E-state index contributed by atoms with van der Waals surface area (Å²) < 4.78 is 18.5. The quantitative estimate of drug-likeness (QED) is 0.436.